The number of hydrogen-bond acceptors (Lipinski definition) is 5. The first-order valence-corrected chi connectivity index (χ1v) is 12.2. The Morgan fingerprint density at radius 3 is 2.19 bits per heavy atom. The maximum absolute atomic E-state index is 12.3. The fraction of sp³-hybridized carbons (Fsp3) is 0.588. The highest BCUT2D eigenvalue weighted by atomic mass is 32.2. The van der Waals surface area contributed by atoms with Gasteiger partial charge in [-0.15, -0.1) is 0 Å². The highest BCUT2D eigenvalue weighted by Gasteiger charge is 2.29. The summed E-state index contributed by atoms with van der Waals surface area (Å²) in [5, 5.41) is 0. The number of carbonyl (C=O) groups excluding carboxylic acids is 1. The van der Waals surface area contributed by atoms with Gasteiger partial charge in [0.1, 0.15) is 5.75 Å². The van der Waals surface area contributed by atoms with Crippen LogP contribution in [-0.4, -0.2) is 75.4 Å². The second-order valence-corrected chi connectivity index (χ2v) is 10.8. The number of amides is 1. The van der Waals surface area contributed by atoms with E-state index in [0.29, 0.717) is 12.8 Å². The van der Waals surface area contributed by atoms with E-state index >= 15 is 0 Å². The Morgan fingerprint density at radius 1 is 1.00 bits per heavy atom. The van der Waals surface area contributed by atoms with Gasteiger partial charge in [-0.2, -0.15) is 4.31 Å². The van der Waals surface area contributed by atoms with Crippen molar-refractivity contribution in [2.24, 2.45) is 0 Å². The van der Waals surface area contributed by atoms with Crippen molar-refractivity contribution < 1.29 is 21.6 Å². The van der Waals surface area contributed by atoms with Gasteiger partial charge < -0.3 is 4.90 Å². The quantitative estimate of drug-likeness (QED) is 0.632. The van der Waals surface area contributed by atoms with Crippen molar-refractivity contribution in [3.05, 3.63) is 35.9 Å². The van der Waals surface area contributed by atoms with E-state index in [9.17, 15) is 21.6 Å². The number of carbonyl (C=O) groups is 1. The van der Waals surface area contributed by atoms with Gasteiger partial charge in [-0.1, -0.05) is 30.3 Å². The molecule has 0 aliphatic carbocycles. The first-order chi connectivity index (χ1) is 12.2. The minimum absolute atomic E-state index is 0.0245. The molecule has 0 radical (unpaired) electrons. The molecule has 1 aromatic carbocycles. The number of piperazine rings is 1. The summed E-state index contributed by atoms with van der Waals surface area (Å²) in [5.41, 5.74) is 1.07. The number of benzene rings is 1. The Balaban J connectivity index is 1.79. The predicted molar refractivity (Wildman–Crippen MR) is 101 cm³/mol. The Morgan fingerprint density at radius 2 is 1.62 bits per heavy atom. The van der Waals surface area contributed by atoms with Crippen molar-refractivity contribution in [1.82, 2.24) is 9.21 Å². The van der Waals surface area contributed by atoms with Crippen LogP contribution < -0.4 is 0 Å². The molecule has 1 heterocycles. The molecular formula is C17H26N2O5S2. The summed E-state index contributed by atoms with van der Waals surface area (Å²) in [6, 6.07) is 9.62. The van der Waals surface area contributed by atoms with Gasteiger partial charge in [-0.3, -0.25) is 4.79 Å². The van der Waals surface area contributed by atoms with Crippen molar-refractivity contribution >= 4 is 25.8 Å². The summed E-state index contributed by atoms with van der Waals surface area (Å²) >= 11 is 0. The van der Waals surface area contributed by atoms with Crippen LogP contribution in [-0.2, 0) is 31.1 Å². The van der Waals surface area contributed by atoms with Crippen molar-refractivity contribution in [2.75, 3.05) is 43.4 Å². The van der Waals surface area contributed by atoms with Crippen molar-refractivity contribution in [1.29, 1.82) is 0 Å². The molecule has 0 aromatic heterocycles. The normalized spacial score (nSPS) is 16.6. The molecule has 1 aliphatic heterocycles. The number of nitrogens with zero attached hydrogens (tertiary/aromatic N) is 2. The lowest BCUT2D eigenvalue weighted by molar-refractivity contribution is -0.129. The molecule has 0 spiro atoms. The molecule has 7 nitrogen and oxygen atoms in total. The molecular weight excluding hydrogens is 376 g/mol. The van der Waals surface area contributed by atoms with Crippen LogP contribution in [0, 0.1) is 0 Å². The fourth-order valence-corrected chi connectivity index (χ4v) is 5.26. The topological polar surface area (TPSA) is 91.8 Å². The van der Waals surface area contributed by atoms with E-state index in [0.717, 1.165) is 5.56 Å². The molecule has 0 saturated carbocycles. The molecule has 0 unspecified atom stereocenters. The molecule has 1 aliphatic rings. The number of aryl methyl sites for hydroxylation is 1. The Labute approximate surface area is 156 Å². The third-order valence-corrected chi connectivity index (χ3v) is 7.94. The van der Waals surface area contributed by atoms with Crippen molar-refractivity contribution in [3.8, 4) is 0 Å². The SMILES string of the molecule is CCS(=O)(=O)N1CCN(C(=O)CS(=O)(=O)CCCc2ccccc2)CC1. The average molecular weight is 403 g/mol. The minimum Gasteiger partial charge on any atom is -0.339 e. The van der Waals surface area contributed by atoms with Gasteiger partial charge in [0.2, 0.25) is 15.9 Å². The average Bonchev–Trinajstić information content (AvgIpc) is 2.62. The van der Waals surface area contributed by atoms with Gasteiger partial charge in [-0.05, 0) is 25.3 Å². The maximum Gasteiger partial charge on any atom is 0.237 e. The monoisotopic (exact) mass is 402 g/mol. The van der Waals surface area contributed by atoms with Gasteiger partial charge in [0.15, 0.2) is 9.84 Å². The van der Waals surface area contributed by atoms with E-state index in [1.807, 2.05) is 30.3 Å². The van der Waals surface area contributed by atoms with E-state index in [2.05, 4.69) is 0 Å². The molecule has 1 amide bonds. The molecule has 1 aromatic rings. The first kappa shape index (κ1) is 20.9. The van der Waals surface area contributed by atoms with Crippen molar-refractivity contribution in [2.45, 2.75) is 19.8 Å². The van der Waals surface area contributed by atoms with Gasteiger partial charge >= 0.3 is 0 Å². The van der Waals surface area contributed by atoms with Gasteiger partial charge in [0.05, 0.1) is 11.5 Å². The van der Waals surface area contributed by atoms with E-state index in [1.165, 1.54) is 9.21 Å². The van der Waals surface area contributed by atoms with Crippen LogP contribution in [0.2, 0.25) is 0 Å². The molecule has 1 saturated heterocycles. The number of sulfone groups is 1. The van der Waals surface area contributed by atoms with Crippen LogP contribution >= 0.6 is 0 Å². The summed E-state index contributed by atoms with van der Waals surface area (Å²) in [5.74, 6) is -0.963. The van der Waals surface area contributed by atoms with Crippen LogP contribution in [0.1, 0.15) is 18.9 Å². The van der Waals surface area contributed by atoms with E-state index in [1.54, 1.807) is 6.92 Å². The van der Waals surface area contributed by atoms with Crippen LogP contribution in [0.4, 0.5) is 0 Å². The molecule has 0 N–H and O–H groups in total. The number of rotatable bonds is 8. The van der Waals surface area contributed by atoms with E-state index in [4.69, 9.17) is 0 Å². The summed E-state index contributed by atoms with van der Waals surface area (Å²) in [4.78, 5) is 13.7. The Hall–Kier alpha value is -1.45. The standard InChI is InChI=1S/C17H26N2O5S2/c1-2-26(23,24)19-12-10-18(11-13-19)17(20)15-25(21,22)14-6-9-16-7-4-3-5-8-16/h3-5,7-8H,2,6,9-15H2,1H3. The molecule has 0 atom stereocenters. The summed E-state index contributed by atoms with van der Waals surface area (Å²) in [7, 11) is -6.74. The lowest BCUT2D eigenvalue weighted by Gasteiger charge is -2.33. The molecule has 0 bridgehead atoms. The number of sulfonamides is 1. The number of hydrogen-bond donors (Lipinski definition) is 0. The summed E-state index contributed by atoms with van der Waals surface area (Å²) in [6.07, 6.45) is 1.13. The van der Waals surface area contributed by atoms with E-state index < -0.39 is 31.5 Å². The highest BCUT2D eigenvalue weighted by molar-refractivity contribution is 7.92. The zero-order valence-electron chi connectivity index (χ0n) is 15.0. The van der Waals surface area contributed by atoms with Gasteiger partial charge in [-0.25, -0.2) is 16.8 Å². The van der Waals surface area contributed by atoms with Crippen LogP contribution in [0.5, 0.6) is 0 Å². The third kappa shape index (κ3) is 6.07. The molecule has 146 valence electrons. The molecule has 9 heteroatoms. The summed E-state index contributed by atoms with van der Waals surface area (Å²) < 4.78 is 49.4. The van der Waals surface area contributed by atoms with E-state index in [-0.39, 0.29) is 37.7 Å². The fourth-order valence-electron chi connectivity index (χ4n) is 2.89. The Bertz CT molecular complexity index is 799. The second kappa shape index (κ2) is 8.96. The largest absolute Gasteiger partial charge is 0.339 e. The van der Waals surface area contributed by atoms with Crippen LogP contribution in [0.3, 0.4) is 0 Å². The molecule has 1 fully saturated rings. The third-order valence-electron chi connectivity index (χ3n) is 4.46. The lowest BCUT2D eigenvalue weighted by atomic mass is 10.1. The van der Waals surface area contributed by atoms with Crippen LogP contribution in [0.15, 0.2) is 30.3 Å². The van der Waals surface area contributed by atoms with Gasteiger partial charge in [0, 0.05) is 26.2 Å². The predicted octanol–water partition coefficient (Wildman–Crippen LogP) is 0.528. The lowest BCUT2D eigenvalue weighted by Crippen LogP contribution is -2.52. The molecule has 26 heavy (non-hydrogen) atoms. The van der Waals surface area contributed by atoms with Crippen LogP contribution in [0.25, 0.3) is 0 Å². The molecule has 2 rings (SSSR count). The zero-order valence-corrected chi connectivity index (χ0v) is 16.6. The smallest absolute Gasteiger partial charge is 0.237 e. The van der Waals surface area contributed by atoms with Crippen molar-refractivity contribution in [3.63, 3.8) is 0 Å². The zero-order chi connectivity index (χ0) is 19.2. The maximum atomic E-state index is 12.3. The minimum atomic E-state index is -3.47. The Kier molecular flexibility index (Phi) is 7.19. The first-order valence-electron chi connectivity index (χ1n) is 8.73. The highest BCUT2D eigenvalue weighted by Crippen LogP contribution is 2.10. The summed E-state index contributed by atoms with van der Waals surface area (Å²) in [6.45, 7) is 2.48. The van der Waals surface area contributed by atoms with Gasteiger partial charge in [0.25, 0.3) is 0 Å². The second-order valence-electron chi connectivity index (χ2n) is 6.36.